The SMILES string of the molecule is N#CCCNC(=O)c1nn(C2CCCCO2)cc1NC(=O)c1ccoc1. The van der Waals surface area contributed by atoms with Crippen molar-refractivity contribution in [3.63, 3.8) is 0 Å². The van der Waals surface area contributed by atoms with Gasteiger partial charge in [-0.3, -0.25) is 9.59 Å². The third kappa shape index (κ3) is 4.10. The van der Waals surface area contributed by atoms with Crippen LogP contribution in [0.2, 0.25) is 0 Å². The zero-order valence-corrected chi connectivity index (χ0v) is 14.1. The summed E-state index contributed by atoms with van der Waals surface area (Å²) in [6, 6.07) is 3.48. The predicted octanol–water partition coefficient (Wildman–Crippen LogP) is 2.07. The highest BCUT2D eigenvalue weighted by atomic mass is 16.5. The Morgan fingerprint density at radius 3 is 2.96 bits per heavy atom. The van der Waals surface area contributed by atoms with Crippen molar-refractivity contribution < 1.29 is 18.7 Å². The van der Waals surface area contributed by atoms with Crippen molar-refractivity contribution >= 4 is 17.5 Å². The van der Waals surface area contributed by atoms with Gasteiger partial charge >= 0.3 is 0 Å². The van der Waals surface area contributed by atoms with Crippen LogP contribution in [0.5, 0.6) is 0 Å². The Morgan fingerprint density at radius 2 is 2.27 bits per heavy atom. The molecule has 9 nitrogen and oxygen atoms in total. The number of rotatable bonds is 6. The zero-order valence-electron chi connectivity index (χ0n) is 14.1. The van der Waals surface area contributed by atoms with Crippen LogP contribution in [0.15, 0.2) is 29.2 Å². The smallest absolute Gasteiger partial charge is 0.273 e. The molecule has 2 aromatic heterocycles. The molecule has 3 rings (SSSR count). The van der Waals surface area contributed by atoms with E-state index in [-0.39, 0.29) is 30.6 Å². The van der Waals surface area contributed by atoms with Crippen LogP contribution in [0, 0.1) is 11.3 Å². The summed E-state index contributed by atoms with van der Waals surface area (Å²) in [5.41, 5.74) is 0.691. The van der Waals surface area contributed by atoms with Gasteiger partial charge in [0.05, 0.1) is 36.2 Å². The largest absolute Gasteiger partial charge is 0.472 e. The second kappa shape index (κ2) is 8.31. The summed E-state index contributed by atoms with van der Waals surface area (Å²) >= 11 is 0. The van der Waals surface area contributed by atoms with Crippen LogP contribution < -0.4 is 10.6 Å². The minimum absolute atomic E-state index is 0.0777. The molecule has 2 amide bonds. The average molecular weight is 357 g/mol. The summed E-state index contributed by atoms with van der Waals surface area (Å²) in [5.74, 6) is -0.869. The maximum absolute atomic E-state index is 12.4. The van der Waals surface area contributed by atoms with Gasteiger partial charge in [-0.25, -0.2) is 4.68 Å². The average Bonchev–Trinajstić information content (AvgIpc) is 3.33. The Labute approximate surface area is 149 Å². The van der Waals surface area contributed by atoms with Crippen LogP contribution in [0.1, 0.15) is 52.8 Å². The minimum Gasteiger partial charge on any atom is -0.472 e. The summed E-state index contributed by atoms with van der Waals surface area (Å²) in [6.45, 7) is 0.835. The normalized spacial score (nSPS) is 16.7. The zero-order chi connectivity index (χ0) is 18.4. The highest BCUT2D eigenvalue weighted by molar-refractivity contribution is 6.08. The number of nitrogens with one attached hydrogen (secondary N) is 2. The Hall–Kier alpha value is -3.12. The molecule has 1 fully saturated rings. The number of furan rings is 1. The Kier molecular flexibility index (Phi) is 5.66. The van der Waals surface area contributed by atoms with Crippen molar-refractivity contribution in [3.05, 3.63) is 36.0 Å². The fraction of sp³-hybridized carbons (Fsp3) is 0.412. The molecule has 0 aromatic carbocycles. The molecule has 1 unspecified atom stereocenters. The molecular formula is C17H19N5O4. The van der Waals surface area contributed by atoms with Crippen LogP contribution in [0.4, 0.5) is 5.69 Å². The molecule has 3 heterocycles. The fourth-order valence-electron chi connectivity index (χ4n) is 2.63. The Morgan fingerprint density at radius 1 is 1.38 bits per heavy atom. The van der Waals surface area contributed by atoms with Crippen molar-refractivity contribution in [2.45, 2.75) is 31.9 Å². The van der Waals surface area contributed by atoms with E-state index in [0.717, 1.165) is 19.3 Å². The lowest BCUT2D eigenvalue weighted by Crippen LogP contribution is -2.26. The topological polar surface area (TPSA) is 122 Å². The van der Waals surface area contributed by atoms with Crippen molar-refractivity contribution in [2.24, 2.45) is 0 Å². The first-order valence-corrected chi connectivity index (χ1v) is 8.38. The number of carbonyl (C=O) groups is 2. The van der Waals surface area contributed by atoms with E-state index in [1.165, 1.54) is 18.6 Å². The lowest BCUT2D eigenvalue weighted by atomic mass is 10.2. The van der Waals surface area contributed by atoms with Crippen molar-refractivity contribution in [1.29, 1.82) is 5.26 Å². The van der Waals surface area contributed by atoms with Crippen molar-refractivity contribution in [1.82, 2.24) is 15.1 Å². The molecule has 0 saturated carbocycles. The number of amides is 2. The minimum atomic E-state index is -0.461. The van der Waals surface area contributed by atoms with E-state index < -0.39 is 11.8 Å². The first-order valence-electron chi connectivity index (χ1n) is 8.38. The number of aromatic nitrogens is 2. The van der Waals surface area contributed by atoms with Crippen molar-refractivity contribution in [3.8, 4) is 6.07 Å². The quantitative estimate of drug-likeness (QED) is 0.763. The lowest BCUT2D eigenvalue weighted by Gasteiger charge is -2.22. The van der Waals surface area contributed by atoms with Crippen LogP contribution in [-0.2, 0) is 4.74 Å². The Balaban J connectivity index is 1.81. The second-order valence-electron chi connectivity index (χ2n) is 5.82. The standard InChI is InChI=1S/C17H19N5O4/c18-6-3-7-19-17(24)15-13(20-16(23)12-5-9-25-11-12)10-22(21-15)14-4-1-2-8-26-14/h5,9-11,14H,1-4,7-8H2,(H,19,24)(H,20,23). The predicted molar refractivity (Wildman–Crippen MR) is 90.3 cm³/mol. The molecular weight excluding hydrogens is 338 g/mol. The van der Waals surface area contributed by atoms with E-state index in [4.69, 9.17) is 14.4 Å². The summed E-state index contributed by atoms with van der Waals surface area (Å²) in [4.78, 5) is 24.7. The number of carbonyl (C=O) groups excluding carboxylic acids is 2. The number of hydrogen-bond donors (Lipinski definition) is 2. The first-order chi connectivity index (χ1) is 12.7. The molecule has 1 atom stereocenters. The molecule has 1 aliphatic heterocycles. The summed E-state index contributed by atoms with van der Waals surface area (Å²) in [5, 5.41) is 18.2. The molecule has 26 heavy (non-hydrogen) atoms. The molecule has 1 saturated heterocycles. The van der Waals surface area contributed by atoms with E-state index >= 15 is 0 Å². The number of nitrogens with zero attached hydrogens (tertiary/aromatic N) is 3. The third-order valence-corrected chi connectivity index (χ3v) is 3.95. The highest BCUT2D eigenvalue weighted by Crippen LogP contribution is 2.25. The van der Waals surface area contributed by atoms with E-state index in [9.17, 15) is 9.59 Å². The molecule has 1 aliphatic rings. The van der Waals surface area contributed by atoms with Gasteiger partial charge in [0.1, 0.15) is 12.5 Å². The van der Waals surface area contributed by atoms with Crippen LogP contribution in [0.25, 0.3) is 0 Å². The maximum Gasteiger partial charge on any atom is 0.273 e. The molecule has 136 valence electrons. The van der Waals surface area contributed by atoms with Crippen molar-refractivity contribution in [2.75, 3.05) is 18.5 Å². The summed E-state index contributed by atoms with van der Waals surface area (Å²) in [7, 11) is 0. The van der Waals surface area contributed by atoms with Gasteiger partial charge in [0.2, 0.25) is 0 Å². The second-order valence-corrected chi connectivity index (χ2v) is 5.82. The molecule has 0 bridgehead atoms. The summed E-state index contributed by atoms with van der Waals surface area (Å²) < 4.78 is 12.2. The summed E-state index contributed by atoms with van der Waals surface area (Å²) in [6.07, 6.45) is 7.00. The monoisotopic (exact) mass is 357 g/mol. The van der Waals surface area contributed by atoms with Gasteiger partial charge in [-0.05, 0) is 25.3 Å². The van der Waals surface area contributed by atoms with Gasteiger partial charge in [0.15, 0.2) is 5.69 Å². The van der Waals surface area contributed by atoms with E-state index in [0.29, 0.717) is 12.2 Å². The molecule has 0 aliphatic carbocycles. The maximum atomic E-state index is 12.4. The van der Waals surface area contributed by atoms with Gasteiger partial charge in [-0.2, -0.15) is 10.4 Å². The molecule has 2 N–H and O–H groups in total. The molecule has 9 heteroatoms. The van der Waals surface area contributed by atoms with E-state index in [2.05, 4.69) is 15.7 Å². The number of nitriles is 1. The lowest BCUT2D eigenvalue weighted by molar-refractivity contribution is -0.0395. The van der Waals surface area contributed by atoms with Crippen LogP contribution >= 0.6 is 0 Å². The van der Waals surface area contributed by atoms with Gasteiger partial charge < -0.3 is 19.8 Å². The van der Waals surface area contributed by atoms with Crippen LogP contribution in [0.3, 0.4) is 0 Å². The van der Waals surface area contributed by atoms with Gasteiger partial charge in [0.25, 0.3) is 11.8 Å². The number of ether oxygens (including phenoxy) is 1. The first kappa shape index (κ1) is 17.7. The van der Waals surface area contributed by atoms with E-state index in [1.54, 1.807) is 10.9 Å². The fourth-order valence-corrected chi connectivity index (χ4v) is 2.63. The Bertz CT molecular complexity index is 800. The molecule has 2 aromatic rings. The number of anilines is 1. The van der Waals surface area contributed by atoms with E-state index in [1.807, 2.05) is 6.07 Å². The third-order valence-electron chi connectivity index (χ3n) is 3.95. The molecule has 0 radical (unpaired) electrons. The molecule has 0 spiro atoms. The van der Waals surface area contributed by atoms with Gasteiger partial charge in [0, 0.05) is 13.2 Å². The highest BCUT2D eigenvalue weighted by Gasteiger charge is 2.24. The van der Waals surface area contributed by atoms with Crippen LogP contribution in [-0.4, -0.2) is 34.7 Å². The van der Waals surface area contributed by atoms with Gasteiger partial charge in [-0.1, -0.05) is 0 Å². The van der Waals surface area contributed by atoms with Gasteiger partial charge in [-0.15, -0.1) is 0 Å². The number of hydrogen-bond acceptors (Lipinski definition) is 6.